The number of nitrogens with zero attached hydrogens (tertiary/aromatic N) is 4. The topological polar surface area (TPSA) is 22.2 Å². The molecule has 0 spiro atoms. The molecule has 5 nitrogen and oxygen atoms in total. The quantitative estimate of drug-likeness (QED) is 0.726. The van der Waals surface area contributed by atoms with Gasteiger partial charge in [-0.3, -0.25) is 9.80 Å². The van der Waals surface area contributed by atoms with E-state index in [-0.39, 0.29) is 0 Å². The Hall–Kier alpha value is -0.200. The molecule has 0 amide bonds. The third kappa shape index (κ3) is 11.1. The molecule has 0 aromatic carbocycles. The number of ether oxygens (including phenoxy) is 1. The van der Waals surface area contributed by atoms with E-state index in [1.54, 1.807) is 0 Å². The van der Waals surface area contributed by atoms with E-state index in [9.17, 15) is 0 Å². The number of morpholine rings is 1. The lowest BCUT2D eigenvalue weighted by Crippen LogP contribution is -2.47. The largest absolute Gasteiger partial charge is 0.379 e. The Morgan fingerprint density at radius 2 is 0.893 bits per heavy atom. The minimum Gasteiger partial charge on any atom is -0.379 e. The molecule has 0 aliphatic carbocycles. The molecule has 3 saturated heterocycles. The van der Waals surface area contributed by atoms with E-state index in [4.69, 9.17) is 4.74 Å². The summed E-state index contributed by atoms with van der Waals surface area (Å²) in [4.78, 5) is 9.91. The average molecular weight is 399 g/mol. The van der Waals surface area contributed by atoms with Gasteiger partial charge in [-0.1, -0.05) is 6.42 Å². The van der Waals surface area contributed by atoms with E-state index < -0.39 is 0 Å². The number of likely N-dealkylation sites (tertiary alicyclic amines) is 1. The summed E-state index contributed by atoms with van der Waals surface area (Å²) >= 11 is 0. The molecule has 3 fully saturated rings. The van der Waals surface area contributed by atoms with Crippen LogP contribution < -0.4 is 0 Å². The molecule has 0 radical (unpaired) electrons. The number of piperidine rings is 1. The first kappa shape index (κ1) is 25.8. The molecular formula is C23H50N4O. The normalized spacial score (nSPS) is 23.4. The van der Waals surface area contributed by atoms with Gasteiger partial charge in [0, 0.05) is 57.4 Å². The van der Waals surface area contributed by atoms with E-state index in [0.29, 0.717) is 6.04 Å². The first-order valence-electron chi connectivity index (χ1n) is 11.8. The lowest BCUT2D eigenvalue weighted by molar-refractivity contribution is 0.0238. The second-order valence-corrected chi connectivity index (χ2v) is 9.37. The molecule has 0 aromatic heterocycles. The molecule has 0 atom stereocenters. The second-order valence-electron chi connectivity index (χ2n) is 9.37. The van der Waals surface area contributed by atoms with Crippen LogP contribution in [0.15, 0.2) is 0 Å². The van der Waals surface area contributed by atoms with Crippen LogP contribution in [-0.4, -0.2) is 110 Å². The molecule has 0 N–H and O–H groups in total. The fourth-order valence-electron chi connectivity index (χ4n) is 3.87. The van der Waals surface area contributed by atoms with Gasteiger partial charge in [-0.25, -0.2) is 0 Å². The molecule has 3 aliphatic rings. The summed E-state index contributed by atoms with van der Waals surface area (Å²) in [5.41, 5.74) is 0. The van der Waals surface area contributed by atoms with Crippen molar-refractivity contribution in [3.05, 3.63) is 0 Å². The van der Waals surface area contributed by atoms with Crippen molar-refractivity contribution in [3.63, 3.8) is 0 Å². The fourth-order valence-corrected chi connectivity index (χ4v) is 3.87. The van der Waals surface area contributed by atoms with Crippen LogP contribution >= 0.6 is 0 Å². The highest BCUT2D eigenvalue weighted by molar-refractivity contribution is 4.71. The SMILES string of the molecule is CC(C)N1CCCCC1.CC(C)N1CCN(C)CC1.CC(C)N1CCOCC1. The van der Waals surface area contributed by atoms with E-state index in [0.717, 1.165) is 38.4 Å². The predicted molar refractivity (Wildman–Crippen MR) is 122 cm³/mol. The summed E-state index contributed by atoms with van der Waals surface area (Å²) < 4.78 is 5.21. The maximum atomic E-state index is 5.21. The van der Waals surface area contributed by atoms with Crippen LogP contribution in [-0.2, 0) is 4.74 Å². The lowest BCUT2D eigenvalue weighted by Gasteiger charge is -2.34. The van der Waals surface area contributed by atoms with Crippen LogP contribution in [0, 0.1) is 0 Å². The van der Waals surface area contributed by atoms with Gasteiger partial charge in [0.2, 0.25) is 0 Å². The Bertz CT molecular complexity index is 334. The van der Waals surface area contributed by atoms with Gasteiger partial charge in [-0.05, 0) is 74.5 Å². The van der Waals surface area contributed by atoms with Gasteiger partial charge in [0.15, 0.2) is 0 Å². The van der Waals surface area contributed by atoms with E-state index in [1.807, 2.05) is 0 Å². The Morgan fingerprint density at radius 1 is 0.500 bits per heavy atom. The highest BCUT2D eigenvalue weighted by Crippen LogP contribution is 2.10. The van der Waals surface area contributed by atoms with Gasteiger partial charge in [0.1, 0.15) is 0 Å². The molecule has 0 saturated carbocycles. The molecule has 3 aliphatic heterocycles. The van der Waals surface area contributed by atoms with E-state index >= 15 is 0 Å². The third-order valence-electron chi connectivity index (χ3n) is 6.17. The molecular weight excluding hydrogens is 348 g/mol. The van der Waals surface area contributed by atoms with Crippen molar-refractivity contribution in [2.24, 2.45) is 0 Å². The van der Waals surface area contributed by atoms with Crippen LogP contribution in [0.3, 0.4) is 0 Å². The summed E-state index contributed by atoms with van der Waals surface area (Å²) in [6, 6.07) is 2.19. The van der Waals surface area contributed by atoms with Gasteiger partial charge in [-0.15, -0.1) is 0 Å². The van der Waals surface area contributed by atoms with Crippen molar-refractivity contribution in [3.8, 4) is 0 Å². The van der Waals surface area contributed by atoms with Crippen LogP contribution in [0.5, 0.6) is 0 Å². The number of rotatable bonds is 3. The summed E-state index contributed by atoms with van der Waals surface area (Å²) in [5, 5.41) is 0. The summed E-state index contributed by atoms with van der Waals surface area (Å²) in [7, 11) is 2.19. The molecule has 3 heterocycles. The van der Waals surface area contributed by atoms with Gasteiger partial charge < -0.3 is 14.5 Å². The van der Waals surface area contributed by atoms with Crippen LogP contribution in [0.2, 0.25) is 0 Å². The Morgan fingerprint density at radius 3 is 1.25 bits per heavy atom. The van der Waals surface area contributed by atoms with Crippen molar-refractivity contribution in [1.82, 2.24) is 19.6 Å². The van der Waals surface area contributed by atoms with Crippen LogP contribution in [0.4, 0.5) is 0 Å². The zero-order chi connectivity index (χ0) is 20.9. The highest BCUT2D eigenvalue weighted by atomic mass is 16.5. The average Bonchev–Trinajstić information content (AvgIpc) is 2.70. The van der Waals surface area contributed by atoms with Gasteiger partial charge >= 0.3 is 0 Å². The molecule has 28 heavy (non-hydrogen) atoms. The fraction of sp³-hybridized carbons (Fsp3) is 1.00. The second kappa shape index (κ2) is 14.7. The van der Waals surface area contributed by atoms with E-state index in [1.165, 1.54) is 58.5 Å². The van der Waals surface area contributed by atoms with Crippen molar-refractivity contribution in [2.75, 3.05) is 72.6 Å². The van der Waals surface area contributed by atoms with E-state index in [2.05, 4.69) is 68.2 Å². The Labute approximate surface area is 176 Å². The number of piperazine rings is 1. The van der Waals surface area contributed by atoms with Gasteiger partial charge in [0.05, 0.1) is 13.2 Å². The van der Waals surface area contributed by atoms with Crippen LogP contribution in [0.25, 0.3) is 0 Å². The monoisotopic (exact) mass is 398 g/mol. The summed E-state index contributed by atoms with van der Waals surface area (Å²) in [5.74, 6) is 0. The molecule has 0 bridgehead atoms. The predicted octanol–water partition coefficient (Wildman–Crippen LogP) is 3.25. The Kier molecular flexibility index (Phi) is 13.6. The summed E-state index contributed by atoms with van der Waals surface area (Å²) in [6.07, 6.45) is 4.28. The van der Waals surface area contributed by atoms with Gasteiger partial charge in [0.25, 0.3) is 0 Å². The minimum absolute atomic E-state index is 0.689. The van der Waals surface area contributed by atoms with Crippen molar-refractivity contribution >= 4 is 0 Å². The molecule has 0 aromatic rings. The number of hydrogen-bond donors (Lipinski definition) is 0. The molecule has 0 unspecified atom stereocenters. The van der Waals surface area contributed by atoms with Crippen molar-refractivity contribution in [1.29, 1.82) is 0 Å². The molecule has 168 valence electrons. The first-order chi connectivity index (χ1) is 13.3. The zero-order valence-corrected chi connectivity index (χ0v) is 20.1. The maximum absolute atomic E-state index is 5.21. The zero-order valence-electron chi connectivity index (χ0n) is 20.1. The van der Waals surface area contributed by atoms with Gasteiger partial charge in [-0.2, -0.15) is 0 Å². The first-order valence-corrected chi connectivity index (χ1v) is 11.8. The molecule has 5 heteroatoms. The van der Waals surface area contributed by atoms with Crippen molar-refractivity contribution < 1.29 is 4.74 Å². The lowest BCUT2D eigenvalue weighted by atomic mass is 10.1. The van der Waals surface area contributed by atoms with Crippen LogP contribution in [0.1, 0.15) is 60.8 Å². The minimum atomic E-state index is 0.689. The highest BCUT2D eigenvalue weighted by Gasteiger charge is 2.15. The number of hydrogen-bond acceptors (Lipinski definition) is 5. The summed E-state index contributed by atoms with van der Waals surface area (Å²) in [6.45, 7) is 25.2. The maximum Gasteiger partial charge on any atom is 0.0594 e. The molecule has 3 rings (SSSR count). The Balaban J connectivity index is 0.000000210. The standard InChI is InChI=1S/C8H18N2.C8H17N.C7H15NO/c1-8(2)10-6-4-9(3)5-7-10;1-8(2)9-6-4-3-5-7-9;1-7(2)8-3-5-9-6-4-8/h8H,4-7H2,1-3H3;8H,3-7H2,1-2H3;7H,3-6H2,1-2H3. The smallest absolute Gasteiger partial charge is 0.0594 e. The third-order valence-corrected chi connectivity index (χ3v) is 6.17. The van der Waals surface area contributed by atoms with Crippen molar-refractivity contribution in [2.45, 2.75) is 78.9 Å². The number of likely N-dealkylation sites (N-methyl/N-ethyl adjacent to an activating group) is 1.